The van der Waals surface area contributed by atoms with Crippen molar-refractivity contribution in [1.29, 1.82) is 0 Å². The van der Waals surface area contributed by atoms with Gasteiger partial charge >= 0.3 is 0 Å². The summed E-state index contributed by atoms with van der Waals surface area (Å²) in [6.07, 6.45) is 1.25. The molecule has 0 N–H and O–H groups in total. The lowest BCUT2D eigenvalue weighted by atomic mass is 10.1. The SMILES string of the molecule is CCN(C)/C=N/c1cc(Br)c(OC(C)c2ccc(F)c(F)c2)nc1C. The largest absolute Gasteiger partial charge is 0.469 e. The van der Waals surface area contributed by atoms with Crippen LogP contribution in [0, 0.1) is 18.6 Å². The Hall–Kier alpha value is -2.02. The van der Waals surface area contributed by atoms with E-state index in [0.717, 1.165) is 24.4 Å². The van der Waals surface area contributed by atoms with Gasteiger partial charge in [0.2, 0.25) is 5.88 Å². The third kappa shape index (κ3) is 4.98. The monoisotopic (exact) mass is 411 g/mol. The van der Waals surface area contributed by atoms with Crippen molar-refractivity contribution < 1.29 is 13.5 Å². The number of hydrogen-bond acceptors (Lipinski definition) is 3. The number of hydrogen-bond donors (Lipinski definition) is 0. The summed E-state index contributed by atoms with van der Waals surface area (Å²) in [6.45, 7) is 6.46. The maximum Gasteiger partial charge on any atom is 0.228 e. The molecular formula is C18H20BrF2N3O. The summed E-state index contributed by atoms with van der Waals surface area (Å²) < 4.78 is 32.9. The molecule has 25 heavy (non-hydrogen) atoms. The van der Waals surface area contributed by atoms with E-state index in [0.29, 0.717) is 21.6 Å². The summed E-state index contributed by atoms with van der Waals surface area (Å²) in [5.74, 6) is -1.41. The van der Waals surface area contributed by atoms with Gasteiger partial charge < -0.3 is 9.64 Å². The Kier molecular flexibility index (Phi) is 6.47. The Morgan fingerprint density at radius 2 is 2.04 bits per heavy atom. The molecule has 1 atom stereocenters. The summed E-state index contributed by atoms with van der Waals surface area (Å²) in [5.41, 5.74) is 1.95. The highest BCUT2D eigenvalue weighted by atomic mass is 79.9. The van der Waals surface area contributed by atoms with Gasteiger partial charge in [-0.25, -0.2) is 18.8 Å². The van der Waals surface area contributed by atoms with Crippen molar-refractivity contribution in [2.45, 2.75) is 26.9 Å². The van der Waals surface area contributed by atoms with Crippen LogP contribution in [-0.2, 0) is 0 Å². The number of aromatic nitrogens is 1. The molecule has 2 rings (SSSR count). The van der Waals surface area contributed by atoms with Crippen LogP contribution in [0.15, 0.2) is 33.7 Å². The predicted octanol–water partition coefficient (Wildman–Crippen LogP) is 5.18. The van der Waals surface area contributed by atoms with Crippen LogP contribution in [0.4, 0.5) is 14.5 Å². The molecule has 4 nitrogen and oxygen atoms in total. The molecule has 0 radical (unpaired) electrons. The number of aliphatic imine (C=N–C) groups is 1. The molecule has 0 saturated heterocycles. The fraction of sp³-hybridized carbons (Fsp3) is 0.333. The molecule has 1 aromatic carbocycles. The summed E-state index contributed by atoms with van der Waals surface area (Å²) in [6, 6.07) is 5.51. The van der Waals surface area contributed by atoms with Crippen LogP contribution >= 0.6 is 15.9 Å². The van der Waals surface area contributed by atoms with E-state index in [4.69, 9.17) is 4.74 Å². The lowest BCUT2D eigenvalue weighted by molar-refractivity contribution is 0.214. The van der Waals surface area contributed by atoms with Crippen LogP contribution in [0.2, 0.25) is 0 Å². The van der Waals surface area contributed by atoms with Crippen molar-refractivity contribution in [3.05, 3.63) is 51.6 Å². The Morgan fingerprint density at radius 1 is 1.32 bits per heavy atom. The lowest BCUT2D eigenvalue weighted by Crippen LogP contribution is -2.14. The molecule has 0 aliphatic carbocycles. The van der Waals surface area contributed by atoms with Gasteiger partial charge in [-0.1, -0.05) is 6.07 Å². The minimum atomic E-state index is -0.902. The van der Waals surface area contributed by atoms with Crippen LogP contribution in [-0.4, -0.2) is 29.8 Å². The first-order valence-electron chi connectivity index (χ1n) is 7.85. The van der Waals surface area contributed by atoms with Crippen molar-refractivity contribution in [1.82, 2.24) is 9.88 Å². The first-order chi connectivity index (χ1) is 11.8. The van der Waals surface area contributed by atoms with E-state index >= 15 is 0 Å². The quantitative estimate of drug-likeness (QED) is 0.485. The van der Waals surface area contributed by atoms with E-state index in [1.807, 2.05) is 31.9 Å². The standard InChI is InChI=1S/C18H20BrF2N3O/c1-5-24(4)10-22-17-9-14(19)18(23-11(17)2)25-12(3)13-6-7-15(20)16(21)8-13/h6-10,12H,5H2,1-4H3/b22-10+. The number of aryl methyl sites for hydroxylation is 1. The fourth-order valence-corrected chi connectivity index (χ4v) is 2.40. The van der Waals surface area contributed by atoms with Gasteiger partial charge in [0, 0.05) is 13.6 Å². The van der Waals surface area contributed by atoms with Crippen molar-refractivity contribution in [2.75, 3.05) is 13.6 Å². The van der Waals surface area contributed by atoms with Crippen LogP contribution in [0.1, 0.15) is 31.2 Å². The Bertz CT molecular complexity index is 783. The van der Waals surface area contributed by atoms with E-state index in [2.05, 4.69) is 25.9 Å². The summed E-state index contributed by atoms with van der Waals surface area (Å²) in [5, 5.41) is 0. The molecule has 0 aliphatic rings. The number of ether oxygens (including phenoxy) is 1. The van der Waals surface area contributed by atoms with Gasteiger partial charge in [-0.3, -0.25) is 0 Å². The summed E-state index contributed by atoms with van der Waals surface area (Å²) >= 11 is 3.42. The van der Waals surface area contributed by atoms with Gasteiger partial charge in [-0.05, 0) is 60.5 Å². The van der Waals surface area contributed by atoms with Gasteiger partial charge in [-0.15, -0.1) is 0 Å². The molecule has 134 valence electrons. The highest BCUT2D eigenvalue weighted by molar-refractivity contribution is 9.10. The highest BCUT2D eigenvalue weighted by Gasteiger charge is 2.15. The van der Waals surface area contributed by atoms with Gasteiger partial charge in [0.15, 0.2) is 11.6 Å². The highest BCUT2D eigenvalue weighted by Crippen LogP contribution is 2.32. The molecule has 0 aliphatic heterocycles. The molecule has 0 bridgehead atoms. The molecule has 0 saturated carbocycles. The molecule has 0 fully saturated rings. The molecule has 2 aromatic rings. The van der Waals surface area contributed by atoms with Gasteiger partial charge in [-0.2, -0.15) is 0 Å². The molecular weight excluding hydrogens is 392 g/mol. The zero-order valence-corrected chi connectivity index (χ0v) is 16.1. The van der Waals surface area contributed by atoms with E-state index < -0.39 is 17.7 Å². The second kappa shape index (κ2) is 8.38. The molecule has 0 spiro atoms. The van der Waals surface area contributed by atoms with Gasteiger partial charge in [0.05, 0.1) is 22.2 Å². The number of halogens is 3. The topological polar surface area (TPSA) is 37.7 Å². The zero-order chi connectivity index (χ0) is 18.6. The third-order valence-electron chi connectivity index (χ3n) is 3.70. The fourth-order valence-electron chi connectivity index (χ4n) is 2.01. The van der Waals surface area contributed by atoms with E-state index in [1.54, 1.807) is 13.3 Å². The normalized spacial score (nSPS) is 12.4. The summed E-state index contributed by atoms with van der Waals surface area (Å²) in [4.78, 5) is 10.8. The van der Waals surface area contributed by atoms with Crippen LogP contribution < -0.4 is 4.74 Å². The van der Waals surface area contributed by atoms with E-state index in [-0.39, 0.29) is 0 Å². The zero-order valence-electron chi connectivity index (χ0n) is 14.6. The van der Waals surface area contributed by atoms with Gasteiger partial charge in [0.25, 0.3) is 0 Å². The maximum atomic E-state index is 13.4. The van der Waals surface area contributed by atoms with E-state index in [1.165, 1.54) is 6.07 Å². The Labute approximate surface area is 154 Å². The third-order valence-corrected chi connectivity index (χ3v) is 4.27. The number of pyridine rings is 1. The second-order valence-corrected chi connectivity index (χ2v) is 6.49. The number of benzene rings is 1. The van der Waals surface area contributed by atoms with Crippen molar-refractivity contribution in [3.63, 3.8) is 0 Å². The minimum Gasteiger partial charge on any atom is -0.469 e. The van der Waals surface area contributed by atoms with Crippen LogP contribution in [0.25, 0.3) is 0 Å². The Balaban J connectivity index is 2.21. The van der Waals surface area contributed by atoms with Crippen LogP contribution in [0.5, 0.6) is 5.88 Å². The van der Waals surface area contributed by atoms with Crippen molar-refractivity contribution in [2.24, 2.45) is 4.99 Å². The first-order valence-corrected chi connectivity index (χ1v) is 8.64. The molecule has 1 aromatic heterocycles. The average Bonchev–Trinajstić information content (AvgIpc) is 2.58. The molecule has 0 amide bonds. The van der Waals surface area contributed by atoms with Crippen molar-refractivity contribution in [3.8, 4) is 5.88 Å². The predicted molar refractivity (Wildman–Crippen MR) is 98.5 cm³/mol. The lowest BCUT2D eigenvalue weighted by Gasteiger charge is -2.16. The van der Waals surface area contributed by atoms with E-state index in [9.17, 15) is 8.78 Å². The van der Waals surface area contributed by atoms with Gasteiger partial charge in [0.1, 0.15) is 6.10 Å². The molecule has 1 heterocycles. The maximum absolute atomic E-state index is 13.4. The first kappa shape index (κ1) is 19.3. The average molecular weight is 412 g/mol. The van der Waals surface area contributed by atoms with Crippen molar-refractivity contribution >= 4 is 28.0 Å². The van der Waals surface area contributed by atoms with Crippen LogP contribution in [0.3, 0.4) is 0 Å². The minimum absolute atomic E-state index is 0.373. The smallest absolute Gasteiger partial charge is 0.228 e. The number of nitrogens with zero attached hydrogens (tertiary/aromatic N) is 3. The number of rotatable bonds is 6. The Morgan fingerprint density at radius 3 is 2.68 bits per heavy atom. The summed E-state index contributed by atoms with van der Waals surface area (Å²) in [7, 11) is 1.93. The molecule has 1 unspecified atom stereocenters. The molecule has 7 heteroatoms. The second-order valence-electron chi connectivity index (χ2n) is 5.63.